The first-order chi connectivity index (χ1) is 16.2. The normalized spacial score (nSPS) is 15.5. The first-order valence-electron chi connectivity index (χ1n) is 10.8. The van der Waals surface area contributed by atoms with E-state index in [0.717, 1.165) is 36.6 Å². The van der Waals surface area contributed by atoms with Gasteiger partial charge < -0.3 is 14.5 Å². The van der Waals surface area contributed by atoms with E-state index in [1.165, 1.54) is 16.2 Å². The summed E-state index contributed by atoms with van der Waals surface area (Å²) in [6.45, 7) is 6.77. The highest BCUT2D eigenvalue weighted by atomic mass is 35.5. The number of ether oxygens (including phenoxy) is 1. The Labute approximate surface area is 211 Å². The van der Waals surface area contributed by atoms with Crippen molar-refractivity contribution in [1.29, 1.82) is 5.26 Å². The number of methoxy groups -OCH3 is 1. The average Bonchev–Trinajstić information content (AvgIpc) is 3.40. The molecule has 4 rings (SSSR count). The molecule has 1 aromatic carbocycles. The highest BCUT2D eigenvalue weighted by Crippen LogP contribution is 2.44. The molecule has 0 bridgehead atoms. The summed E-state index contributed by atoms with van der Waals surface area (Å²) in [6, 6.07) is 7.41. The molecule has 10 heteroatoms. The number of nitriles is 1. The van der Waals surface area contributed by atoms with E-state index in [9.17, 15) is 10.1 Å². The summed E-state index contributed by atoms with van der Waals surface area (Å²) in [5.41, 5.74) is 2.48. The van der Waals surface area contributed by atoms with Crippen LogP contribution in [0, 0.1) is 22.7 Å². The number of thioether (sulfide) groups is 1. The Morgan fingerprint density at radius 2 is 2.21 bits per heavy atom. The molecule has 0 saturated carbocycles. The molecule has 0 unspecified atom stereocenters. The van der Waals surface area contributed by atoms with E-state index < -0.39 is 0 Å². The van der Waals surface area contributed by atoms with Crippen molar-refractivity contribution in [2.75, 3.05) is 18.2 Å². The third-order valence-electron chi connectivity index (χ3n) is 5.98. The summed E-state index contributed by atoms with van der Waals surface area (Å²) < 4.78 is 11.0. The van der Waals surface area contributed by atoms with Gasteiger partial charge in [0, 0.05) is 9.90 Å². The van der Waals surface area contributed by atoms with Gasteiger partial charge in [-0.15, -0.1) is 21.5 Å². The number of rotatable bonds is 6. The summed E-state index contributed by atoms with van der Waals surface area (Å²) in [6.07, 6.45) is 2.88. The van der Waals surface area contributed by atoms with Gasteiger partial charge in [-0.2, -0.15) is 5.26 Å². The van der Waals surface area contributed by atoms with Crippen LogP contribution < -0.4 is 10.1 Å². The van der Waals surface area contributed by atoms with Gasteiger partial charge in [0.05, 0.1) is 24.0 Å². The van der Waals surface area contributed by atoms with Crippen LogP contribution >= 0.6 is 34.7 Å². The number of halogens is 1. The molecule has 0 saturated heterocycles. The third kappa shape index (κ3) is 5.24. The molecule has 0 spiro atoms. The van der Waals surface area contributed by atoms with Gasteiger partial charge in [-0.25, -0.2) is 0 Å². The first kappa shape index (κ1) is 24.6. The lowest BCUT2D eigenvalue weighted by Crippen LogP contribution is -2.26. The number of benzene rings is 1. The number of carbonyl (C=O) groups excluding carboxylic acids is 1. The number of amides is 1. The lowest BCUT2D eigenvalue weighted by atomic mass is 9.72. The van der Waals surface area contributed by atoms with Crippen LogP contribution in [0.5, 0.6) is 5.75 Å². The zero-order valence-corrected chi connectivity index (χ0v) is 21.8. The molecule has 1 amide bonds. The Morgan fingerprint density at radius 1 is 1.41 bits per heavy atom. The van der Waals surface area contributed by atoms with E-state index >= 15 is 0 Å². The molecule has 2 heterocycles. The molecule has 1 atom stereocenters. The van der Waals surface area contributed by atoms with Crippen molar-refractivity contribution >= 4 is 45.6 Å². The van der Waals surface area contributed by atoms with Crippen molar-refractivity contribution < 1.29 is 13.9 Å². The van der Waals surface area contributed by atoms with Gasteiger partial charge in [0.15, 0.2) is 0 Å². The largest absolute Gasteiger partial charge is 0.496 e. The van der Waals surface area contributed by atoms with Gasteiger partial charge in [-0.05, 0) is 54.4 Å². The minimum absolute atomic E-state index is 0.0758. The maximum absolute atomic E-state index is 12.7. The van der Waals surface area contributed by atoms with E-state index in [2.05, 4.69) is 42.4 Å². The van der Waals surface area contributed by atoms with Gasteiger partial charge in [0.25, 0.3) is 11.1 Å². The van der Waals surface area contributed by atoms with Crippen LogP contribution in [0.25, 0.3) is 11.5 Å². The standard InChI is InChI=1S/C24H25ClN4O3S2/c1-24(2,3)13-5-7-15-17(11-26)22(34-19(15)9-13)27-20(30)12-33-23-29-28-21(32-23)16-10-14(25)6-8-18(16)31-4/h6,8,10,13H,5,7,9,12H2,1-4H3,(H,27,30)/t13-/m1/s1. The second kappa shape index (κ2) is 9.98. The van der Waals surface area contributed by atoms with Crippen LogP contribution in [0.1, 0.15) is 43.2 Å². The SMILES string of the molecule is COc1ccc(Cl)cc1-c1nnc(SCC(=O)Nc2sc3c(c2C#N)CC[C@@H](C(C)(C)C)C3)o1. The topological polar surface area (TPSA) is 101 Å². The van der Waals surface area contributed by atoms with Crippen molar-refractivity contribution in [2.24, 2.45) is 11.3 Å². The lowest BCUT2D eigenvalue weighted by molar-refractivity contribution is -0.113. The molecule has 0 aliphatic heterocycles. The predicted octanol–water partition coefficient (Wildman–Crippen LogP) is 6.21. The monoisotopic (exact) mass is 516 g/mol. The highest BCUT2D eigenvalue weighted by molar-refractivity contribution is 7.99. The fourth-order valence-electron chi connectivity index (χ4n) is 4.05. The number of nitrogens with zero attached hydrogens (tertiary/aromatic N) is 3. The molecule has 34 heavy (non-hydrogen) atoms. The van der Waals surface area contributed by atoms with Gasteiger partial charge >= 0.3 is 0 Å². The van der Waals surface area contributed by atoms with Gasteiger partial charge in [0.1, 0.15) is 16.8 Å². The molecule has 0 radical (unpaired) electrons. The minimum Gasteiger partial charge on any atom is -0.496 e. The number of anilines is 1. The number of thiophene rings is 1. The molecule has 7 nitrogen and oxygen atoms in total. The molecule has 2 aromatic heterocycles. The second-order valence-electron chi connectivity index (χ2n) is 9.18. The quantitative estimate of drug-likeness (QED) is 0.388. The van der Waals surface area contributed by atoms with Crippen molar-refractivity contribution in [3.05, 3.63) is 39.2 Å². The molecule has 3 aromatic rings. The van der Waals surface area contributed by atoms with E-state index in [1.54, 1.807) is 25.3 Å². The zero-order chi connectivity index (χ0) is 24.5. The van der Waals surface area contributed by atoms with Crippen LogP contribution in [0.3, 0.4) is 0 Å². The minimum atomic E-state index is -0.229. The van der Waals surface area contributed by atoms with Crippen LogP contribution in [-0.2, 0) is 17.6 Å². The number of carbonyl (C=O) groups is 1. The summed E-state index contributed by atoms with van der Waals surface area (Å²) in [4.78, 5) is 13.9. The highest BCUT2D eigenvalue weighted by Gasteiger charge is 2.32. The Bertz CT molecular complexity index is 1260. The van der Waals surface area contributed by atoms with Crippen molar-refractivity contribution in [1.82, 2.24) is 10.2 Å². The van der Waals surface area contributed by atoms with Gasteiger partial charge in [-0.1, -0.05) is 44.1 Å². The summed E-state index contributed by atoms with van der Waals surface area (Å²) in [7, 11) is 1.55. The zero-order valence-electron chi connectivity index (χ0n) is 19.4. The van der Waals surface area contributed by atoms with Crippen LogP contribution in [0.2, 0.25) is 5.02 Å². The fourth-order valence-corrected chi connectivity index (χ4v) is 6.08. The van der Waals surface area contributed by atoms with Crippen LogP contribution in [0.4, 0.5) is 5.00 Å². The van der Waals surface area contributed by atoms with E-state index in [0.29, 0.717) is 32.8 Å². The molecule has 178 valence electrons. The smallest absolute Gasteiger partial charge is 0.277 e. The molecular formula is C24H25ClN4O3S2. The van der Waals surface area contributed by atoms with Gasteiger partial charge in [-0.3, -0.25) is 4.79 Å². The van der Waals surface area contributed by atoms with E-state index in [-0.39, 0.29) is 28.2 Å². The summed E-state index contributed by atoms with van der Waals surface area (Å²) in [5, 5.41) is 22.1. The predicted molar refractivity (Wildman–Crippen MR) is 135 cm³/mol. The second-order valence-corrected chi connectivity index (χ2v) is 11.6. The molecular weight excluding hydrogens is 492 g/mol. The maximum atomic E-state index is 12.7. The first-order valence-corrected chi connectivity index (χ1v) is 13.0. The van der Waals surface area contributed by atoms with Crippen LogP contribution in [-0.4, -0.2) is 29.0 Å². The van der Waals surface area contributed by atoms with Crippen LogP contribution in [0.15, 0.2) is 27.8 Å². The third-order valence-corrected chi connectivity index (χ3v) is 8.20. The number of hydrogen-bond acceptors (Lipinski definition) is 8. The van der Waals surface area contributed by atoms with E-state index in [1.807, 2.05) is 0 Å². The van der Waals surface area contributed by atoms with Crippen molar-refractivity contribution in [3.63, 3.8) is 0 Å². The number of nitrogens with one attached hydrogen (secondary N) is 1. The number of aromatic nitrogens is 2. The number of fused-ring (bicyclic) bond motifs is 1. The Hall–Kier alpha value is -2.54. The molecule has 1 aliphatic carbocycles. The lowest BCUT2D eigenvalue weighted by Gasteiger charge is -2.33. The molecule has 1 N–H and O–H groups in total. The summed E-state index contributed by atoms with van der Waals surface area (Å²) >= 11 is 8.73. The van der Waals surface area contributed by atoms with Gasteiger partial charge in [0.2, 0.25) is 5.91 Å². The Kier molecular flexibility index (Phi) is 7.22. The average molecular weight is 517 g/mol. The maximum Gasteiger partial charge on any atom is 0.277 e. The van der Waals surface area contributed by atoms with Crippen molar-refractivity contribution in [2.45, 2.75) is 45.3 Å². The van der Waals surface area contributed by atoms with Crippen molar-refractivity contribution in [3.8, 4) is 23.3 Å². The Balaban J connectivity index is 1.42. The number of hydrogen-bond donors (Lipinski definition) is 1. The summed E-state index contributed by atoms with van der Waals surface area (Å²) in [5.74, 6) is 1.23. The molecule has 1 aliphatic rings. The molecule has 0 fully saturated rings. The van der Waals surface area contributed by atoms with E-state index in [4.69, 9.17) is 20.8 Å². The fraction of sp³-hybridized carbons (Fsp3) is 0.417. The Morgan fingerprint density at radius 3 is 2.91 bits per heavy atom.